The van der Waals surface area contributed by atoms with E-state index in [0.29, 0.717) is 30.6 Å². The van der Waals surface area contributed by atoms with Gasteiger partial charge in [-0.15, -0.1) is 0 Å². The first-order valence-electron chi connectivity index (χ1n) is 6.85. The summed E-state index contributed by atoms with van der Waals surface area (Å²) in [5, 5.41) is 3.02. The Labute approximate surface area is 107 Å². The molecule has 0 saturated heterocycles. The summed E-state index contributed by atoms with van der Waals surface area (Å²) in [6, 6.07) is 0. The molecule has 0 unspecified atom stereocenters. The predicted molar refractivity (Wildman–Crippen MR) is 73.7 cm³/mol. The van der Waals surface area contributed by atoms with Crippen LogP contribution in [-0.4, -0.2) is 18.0 Å². The summed E-state index contributed by atoms with van der Waals surface area (Å²) < 4.78 is 0. The van der Waals surface area contributed by atoms with E-state index in [4.69, 9.17) is 5.73 Å². The molecule has 0 rings (SSSR count). The summed E-state index contributed by atoms with van der Waals surface area (Å²) in [5.74, 6) is 1.65. The Balaban J connectivity index is 4.40. The highest BCUT2D eigenvalue weighted by atomic mass is 16.2. The van der Waals surface area contributed by atoms with Gasteiger partial charge in [-0.1, -0.05) is 41.5 Å². The first-order chi connectivity index (χ1) is 7.78. The standard InChI is InChI=1S/C14H30N2O/c1-7-14(15,8-2)13(17)16-9-12(10(3)4)11(5)6/h10-12H,7-9,15H2,1-6H3,(H,16,17). The molecule has 0 fully saturated rings. The lowest BCUT2D eigenvalue weighted by atomic mass is 9.85. The fraction of sp³-hybridized carbons (Fsp3) is 0.929. The highest BCUT2D eigenvalue weighted by Gasteiger charge is 2.30. The number of carbonyl (C=O) groups excluding carboxylic acids is 1. The van der Waals surface area contributed by atoms with E-state index < -0.39 is 5.54 Å². The van der Waals surface area contributed by atoms with E-state index in [1.54, 1.807) is 0 Å². The van der Waals surface area contributed by atoms with Crippen LogP contribution in [0.2, 0.25) is 0 Å². The number of nitrogens with one attached hydrogen (secondary N) is 1. The van der Waals surface area contributed by atoms with Crippen molar-refractivity contribution < 1.29 is 4.79 Å². The molecule has 0 saturated carbocycles. The molecular weight excluding hydrogens is 212 g/mol. The second-order valence-electron chi connectivity index (χ2n) is 5.73. The van der Waals surface area contributed by atoms with Gasteiger partial charge < -0.3 is 11.1 Å². The lowest BCUT2D eigenvalue weighted by Crippen LogP contribution is -2.54. The number of rotatable bonds is 7. The van der Waals surface area contributed by atoms with E-state index in [1.807, 2.05) is 13.8 Å². The van der Waals surface area contributed by atoms with Crippen LogP contribution < -0.4 is 11.1 Å². The Morgan fingerprint density at radius 1 is 1.12 bits per heavy atom. The predicted octanol–water partition coefficient (Wildman–Crippen LogP) is 2.55. The summed E-state index contributed by atoms with van der Waals surface area (Å²) in [5.41, 5.74) is 5.37. The second kappa shape index (κ2) is 7.00. The van der Waals surface area contributed by atoms with Crippen LogP contribution in [0.5, 0.6) is 0 Å². The van der Waals surface area contributed by atoms with Crippen molar-refractivity contribution >= 4 is 5.91 Å². The zero-order chi connectivity index (χ0) is 13.6. The fourth-order valence-electron chi connectivity index (χ4n) is 2.20. The molecule has 0 aliphatic rings. The number of hydrogen-bond donors (Lipinski definition) is 2. The van der Waals surface area contributed by atoms with Crippen molar-refractivity contribution in [2.24, 2.45) is 23.5 Å². The summed E-state index contributed by atoms with van der Waals surface area (Å²) in [7, 11) is 0. The number of hydrogen-bond acceptors (Lipinski definition) is 2. The van der Waals surface area contributed by atoms with Crippen molar-refractivity contribution in [3.05, 3.63) is 0 Å². The molecule has 0 atom stereocenters. The van der Waals surface area contributed by atoms with Crippen molar-refractivity contribution in [3.63, 3.8) is 0 Å². The lowest BCUT2D eigenvalue weighted by Gasteiger charge is -2.29. The third kappa shape index (κ3) is 4.66. The van der Waals surface area contributed by atoms with Crippen LogP contribution in [0.3, 0.4) is 0 Å². The second-order valence-corrected chi connectivity index (χ2v) is 5.73. The average Bonchev–Trinajstić information content (AvgIpc) is 2.26. The van der Waals surface area contributed by atoms with Crippen molar-refractivity contribution in [1.82, 2.24) is 5.32 Å². The van der Waals surface area contributed by atoms with Gasteiger partial charge in [-0.05, 0) is 30.6 Å². The molecule has 0 spiro atoms. The van der Waals surface area contributed by atoms with Crippen LogP contribution in [0.1, 0.15) is 54.4 Å². The number of amides is 1. The van der Waals surface area contributed by atoms with Crippen LogP contribution in [0.15, 0.2) is 0 Å². The van der Waals surface area contributed by atoms with Gasteiger partial charge in [0.1, 0.15) is 0 Å². The fourth-order valence-corrected chi connectivity index (χ4v) is 2.20. The third-order valence-corrected chi connectivity index (χ3v) is 3.92. The summed E-state index contributed by atoms with van der Waals surface area (Å²) in [6.07, 6.45) is 1.37. The van der Waals surface area contributed by atoms with Crippen molar-refractivity contribution in [2.75, 3.05) is 6.54 Å². The van der Waals surface area contributed by atoms with Gasteiger partial charge in [0.2, 0.25) is 5.91 Å². The van der Waals surface area contributed by atoms with Crippen LogP contribution in [0.4, 0.5) is 0 Å². The molecule has 0 radical (unpaired) electrons. The third-order valence-electron chi connectivity index (χ3n) is 3.92. The molecule has 0 aliphatic carbocycles. The van der Waals surface area contributed by atoms with Gasteiger partial charge in [-0.25, -0.2) is 0 Å². The Bertz CT molecular complexity index is 224. The number of nitrogens with two attached hydrogens (primary N) is 1. The van der Waals surface area contributed by atoms with Gasteiger partial charge in [0.25, 0.3) is 0 Å². The maximum absolute atomic E-state index is 12.0. The quantitative estimate of drug-likeness (QED) is 0.721. The Morgan fingerprint density at radius 2 is 1.53 bits per heavy atom. The van der Waals surface area contributed by atoms with Crippen LogP contribution in [-0.2, 0) is 4.79 Å². The van der Waals surface area contributed by atoms with E-state index in [9.17, 15) is 4.79 Å². The number of carbonyl (C=O) groups is 1. The molecule has 17 heavy (non-hydrogen) atoms. The molecule has 3 N–H and O–H groups in total. The highest BCUT2D eigenvalue weighted by molar-refractivity contribution is 5.85. The van der Waals surface area contributed by atoms with Gasteiger partial charge in [-0.2, -0.15) is 0 Å². The lowest BCUT2D eigenvalue weighted by molar-refractivity contribution is -0.127. The normalized spacial score (nSPS) is 12.6. The molecular formula is C14H30N2O. The van der Waals surface area contributed by atoms with Gasteiger partial charge in [0.05, 0.1) is 5.54 Å². The summed E-state index contributed by atoms with van der Waals surface area (Å²) in [4.78, 5) is 12.0. The van der Waals surface area contributed by atoms with Crippen molar-refractivity contribution in [1.29, 1.82) is 0 Å². The first-order valence-corrected chi connectivity index (χ1v) is 6.85. The summed E-state index contributed by atoms with van der Waals surface area (Å²) >= 11 is 0. The molecule has 0 aromatic rings. The molecule has 0 aromatic heterocycles. The maximum atomic E-state index is 12.0. The van der Waals surface area contributed by atoms with Crippen molar-refractivity contribution in [2.45, 2.75) is 59.9 Å². The minimum absolute atomic E-state index is 0.00574. The largest absolute Gasteiger partial charge is 0.354 e. The molecule has 3 nitrogen and oxygen atoms in total. The van der Waals surface area contributed by atoms with Gasteiger partial charge in [0, 0.05) is 6.54 Å². The highest BCUT2D eigenvalue weighted by Crippen LogP contribution is 2.20. The molecule has 0 bridgehead atoms. The average molecular weight is 242 g/mol. The van der Waals surface area contributed by atoms with Gasteiger partial charge in [-0.3, -0.25) is 4.79 Å². The molecule has 0 heterocycles. The molecule has 0 aliphatic heterocycles. The van der Waals surface area contributed by atoms with Gasteiger partial charge in [0.15, 0.2) is 0 Å². The molecule has 1 amide bonds. The minimum atomic E-state index is -0.696. The Morgan fingerprint density at radius 3 is 1.82 bits per heavy atom. The zero-order valence-electron chi connectivity index (χ0n) is 12.3. The minimum Gasteiger partial charge on any atom is -0.354 e. The first kappa shape index (κ1) is 16.4. The van der Waals surface area contributed by atoms with Crippen molar-refractivity contribution in [3.8, 4) is 0 Å². The van der Waals surface area contributed by atoms with Crippen LogP contribution >= 0.6 is 0 Å². The van der Waals surface area contributed by atoms with E-state index in [-0.39, 0.29) is 5.91 Å². The van der Waals surface area contributed by atoms with Crippen LogP contribution in [0.25, 0.3) is 0 Å². The van der Waals surface area contributed by atoms with Gasteiger partial charge >= 0.3 is 0 Å². The topological polar surface area (TPSA) is 55.1 Å². The zero-order valence-corrected chi connectivity index (χ0v) is 12.3. The molecule has 0 aromatic carbocycles. The van der Waals surface area contributed by atoms with E-state index in [1.165, 1.54) is 0 Å². The van der Waals surface area contributed by atoms with Crippen LogP contribution in [0, 0.1) is 17.8 Å². The smallest absolute Gasteiger partial charge is 0.240 e. The Hall–Kier alpha value is -0.570. The summed E-state index contributed by atoms with van der Waals surface area (Å²) in [6.45, 7) is 13.5. The molecule has 102 valence electrons. The molecule has 3 heteroatoms. The van der Waals surface area contributed by atoms with E-state index in [2.05, 4.69) is 33.0 Å². The maximum Gasteiger partial charge on any atom is 0.240 e. The monoisotopic (exact) mass is 242 g/mol. The van der Waals surface area contributed by atoms with E-state index in [0.717, 1.165) is 6.54 Å². The van der Waals surface area contributed by atoms with E-state index >= 15 is 0 Å². The SMILES string of the molecule is CCC(N)(CC)C(=O)NCC(C(C)C)C(C)C. The Kier molecular flexibility index (Phi) is 6.76.